The number of nitrogens with zero attached hydrogens (tertiary/aromatic N) is 1. The molecular formula is C9H21N3O2S. The minimum atomic E-state index is -3.22. The molecule has 0 aromatic heterocycles. The maximum atomic E-state index is 11.7. The molecule has 0 radical (unpaired) electrons. The molecule has 0 aromatic rings. The van der Waals surface area contributed by atoms with E-state index in [0.717, 1.165) is 25.8 Å². The van der Waals surface area contributed by atoms with Crippen LogP contribution in [-0.4, -0.2) is 45.4 Å². The number of piperidine rings is 1. The monoisotopic (exact) mass is 235 g/mol. The Balaban J connectivity index is 2.30. The van der Waals surface area contributed by atoms with E-state index < -0.39 is 10.2 Å². The Kier molecular flexibility index (Phi) is 5.52. The van der Waals surface area contributed by atoms with Gasteiger partial charge in [-0.05, 0) is 19.4 Å². The lowest BCUT2D eigenvalue weighted by atomic mass is 10.2. The summed E-state index contributed by atoms with van der Waals surface area (Å²) in [5, 5.41) is 3.08. The Morgan fingerprint density at radius 3 is 2.40 bits per heavy atom. The molecule has 1 heterocycles. The summed E-state index contributed by atoms with van der Waals surface area (Å²) in [6.07, 6.45) is 3.10. The van der Waals surface area contributed by atoms with Gasteiger partial charge >= 0.3 is 0 Å². The lowest BCUT2D eigenvalue weighted by Gasteiger charge is -2.25. The first kappa shape index (κ1) is 12.9. The van der Waals surface area contributed by atoms with Gasteiger partial charge in [0.1, 0.15) is 0 Å². The molecule has 1 rings (SSSR count). The van der Waals surface area contributed by atoms with E-state index in [0.29, 0.717) is 26.2 Å². The summed E-state index contributed by atoms with van der Waals surface area (Å²) in [6, 6.07) is 0. The highest BCUT2D eigenvalue weighted by Gasteiger charge is 2.22. The fourth-order valence-electron chi connectivity index (χ4n) is 1.64. The molecule has 1 aliphatic heterocycles. The van der Waals surface area contributed by atoms with Crippen LogP contribution >= 0.6 is 0 Å². The normalized spacial score (nSPS) is 19.3. The lowest BCUT2D eigenvalue weighted by Crippen LogP contribution is -2.45. The van der Waals surface area contributed by atoms with Crippen molar-refractivity contribution < 1.29 is 8.42 Å². The van der Waals surface area contributed by atoms with Gasteiger partial charge in [-0.25, -0.2) is 4.72 Å². The van der Waals surface area contributed by atoms with Crippen LogP contribution in [0.5, 0.6) is 0 Å². The van der Waals surface area contributed by atoms with Crippen LogP contribution in [0.15, 0.2) is 0 Å². The van der Waals surface area contributed by atoms with Gasteiger partial charge in [0.15, 0.2) is 0 Å². The zero-order chi connectivity index (χ0) is 11.1. The van der Waals surface area contributed by atoms with Gasteiger partial charge in [0, 0.05) is 26.2 Å². The van der Waals surface area contributed by atoms with E-state index in [2.05, 4.69) is 10.0 Å². The fraction of sp³-hybridized carbons (Fsp3) is 1.00. The standard InChI is InChI=1S/C9H21N3O2S/c1-2-10-6-7-11-15(13,14)12-8-4-3-5-9-12/h10-11H,2-9H2,1H3. The van der Waals surface area contributed by atoms with Crippen molar-refractivity contribution in [1.82, 2.24) is 14.3 Å². The highest BCUT2D eigenvalue weighted by Crippen LogP contribution is 2.11. The van der Waals surface area contributed by atoms with Crippen LogP contribution in [0.25, 0.3) is 0 Å². The van der Waals surface area contributed by atoms with Crippen molar-refractivity contribution in [2.45, 2.75) is 26.2 Å². The Bertz CT molecular complexity index is 261. The first-order valence-corrected chi connectivity index (χ1v) is 7.06. The topological polar surface area (TPSA) is 61.4 Å². The second-order valence-corrected chi connectivity index (χ2v) is 5.47. The SMILES string of the molecule is CCNCCNS(=O)(=O)N1CCCCC1. The summed E-state index contributed by atoms with van der Waals surface area (Å²) in [5.41, 5.74) is 0. The third-order valence-electron chi connectivity index (χ3n) is 2.49. The van der Waals surface area contributed by atoms with Crippen molar-refractivity contribution >= 4 is 10.2 Å². The number of hydrogen-bond donors (Lipinski definition) is 2. The zero-order valence-corrected chi connectivity index (χ0v) is 10.1. The minimum absolute atomic E-state index is 0.465. The quantitative estimate of drug-likeness (QED) is 0.633. The predicted octanol–water partition coefficient (Wildman–Crippen LogP) is -0.0838. The van der Waals surface area contributed by atoms with E-state index >= 15 is 0 Å². The van der Waals surface area contributed by atoms with Crippen LogP contribution in [0.3, 0.4) is 0 Å². The molecule has 0 unspecified atom stereocenters. The van der Waals surface area contributed by atoms with Gasteiger partial charge in [-0.2, -0.15) is 12.7 Å². The number of hydrogen-bond acceptors (Lipinski definition) is 3. The number of rotatable bonds is 6. The van der Waals surface area contributed by atoms with E-state index in [4.69, 9.17) is 0 Å². The van der Waals surface area contributed by atoms with E-state index in [9.17, 15) is 8.42 Å². The Hall–Kier alpha value is -0.170. The second-order valence-electron chi connectivity index (χ2n) is 3.71. The van der Waals surface area contributed by atoms with Gasteiger partial charge in [0.25, 0.3) is 10.2 Å². The molecule has 6 heteroatoms. The van der Waals surface area contributed by atoms with Gasteiger partial charge < -0.3 is 5.32 Å². The van der Waals surface area contributed by atoms with Gasteiger partial charge in [0.2, 0.25) is 0 Å². The van der Waals surface area contributed by atoms with Crippen molar-refractivity contribution in [1.29, 1.82) is 0 Å². The van der Waals surface area contributed by atoms with Crippen molar-refractivity contribution in [3.63, 3.8) is 0 Å². The van der Waals surface area contributed by atoms with E-state index in [1.807, 2.05) is 6.92 Å². The van der Waals surface area contributed by atoms with Gasteiger partial charge in [-0.1, -0.05) is 13.3 Å². The van der Waals surface area contributed by atoms with Crippen molar-refractivity contribution in [2.75, 3.05) is 32.7 Å². The van der Waals surface area contributed by atoms with E-state index in [1.165, 1.54) is 0 Å². The summed E-state index contributed by atoms with van der Waals surface area (Å²) in [5.74, 6) is 0. The number of nitrogens with one attached hydrogen (secondary N) is 2. The average Bonchev–Trinajstić information content (AvgIpc) is 2.26. The molecule has 15 heavy (non-hydrogen) atoms. The van der Waals surface area contributed by atoms with Gasteiger partial charge in [0.05, 0.1) is 0 Å². The molecule has 1 fully saturated rings. The summed E-state index contributed by atoms with van der Waals surface area (Å²) in [7, 11) is -3.22. The molecule has 1 saturated heterocycles. The third kappa shape index (κ3) is 4.46. The summed E-state index contributed by atoms with van der Waals surface area (Å²) < 4.78 is 27.6. The molecule has 0 saturated carbocycles. The summed E-state index contributed by atoms with van der Waals surface area (Å²) >= 11 is 0. The van der Waals surface area contributed by atoms with Crippen molar-refractivity contribution in [3.8, 4) is 0 Å². The highest BCUT2D eigenvalue weighted by molar-refractivity contribution is 7.87. The fourth-order valence-corrected chi connectivity index (χ4v) is 2.92. The Morgan fingerprint density at radius 2 is 1.80 bits per heavy atom. The molecule has 2 N–H and O–H groups in total. The molecule has 0 aliphatic carbocycles. The molecule has 90 valence electrons. The van der Waals surface area contributed by atoms with Crippen molar-refractivity contribution in [2.24, 2.45) is 0 Å². The van der Waals surface area contributed by atoms with Crippen LogP contribution in [0.4, 0.5) is 0 Å². The molecule has 5 nitrogen and oxygen atoms in total. The molecular weight excluding hydrogens is 214 g/mol. The Morgan fingerprint density at radius 1 is 1.13 bits per heavy atom. The second kappa shape index (κ2) is 6.42. The predicted molar refractivity (Wildman–Crippen MR) is 60.9 cm³/mol. The largest absolute Gasteiger partial charge is 0.316 e. The van der Waals surface area contributed by atoms with Crippen LogP contribution in [-0.2, 0) is 10.2 Å². The van der Waals surface area contributed by atoms with Crippen molar-refractivity contribution in [3.05, 3.63) is 0 Å². The smallest absolute Gasteiger partial charge is 0.279 e. The molecule has 0 bridgehead atoms. The van der Waals surface area contributed by atoms with Crippen LogP contribution in [0.1, 0.15) is 26.2 Å². The summed E-state index contributed by atoms with van der Waals surface area (Å²) in [6.45, 7) is 5.34. The van der Waals surface area contributed by atoms with Crippen LogP contribution in [0.2, 0.25) is 0 Å². The average molecular weight is 235 g/mol. The zero-order valence-electron chi connectivity index (χ0n) is 9.33. The maximum Gasteiger partial charge on any atom is 0.279 e. The van der Waals surface area contributed by atoms with Gasteiger partial charge in [-0.15, -0.1) is 0 Å². The van der Waals surface area contributed by atoms with Crippen LogP contribution in [0, 0.1) is 0 Å². The van der Waals surface area contributed by atoms with E-state index in [1.54, 1.807) is 4.31 Å². The first-order valence-electron chi connectivity index (χ1n) is 5.62. The lowest BCUT2D eigenvalue weighted by molar-refractivity contribution is 0.341. The van der Waals surface area contributed by atoms with E-state index in [-0.39, 0.29) is 0 Å². The molecule has 0 aromatic carbocycles. The molecule has 0 atom stereocenters. The molecule has 1 aliphatic rings. The minimum Gasteiger partial charge on any atom is -0.316 e. The number of likely N-dealkylation sites (N-methyl/N-ethyl adjacent to an activating group) is 1. The van der Waals surface area contributed by atoms with Crippen LogP contribution < -0.4 is 10.0 Å². The maximum absolute atomic E-state index is 11.7. The third-order valence-corrected chi connectivity index (χ3v) is 4.11. The first-order chi connectivity index (χ1) is 7.17. The Labute approximate surface area is 92.4 Å². The summed E-state index contributed by atoms with van der Waals surface area (Å²) in [4.78, 5) is 0. The molecule has 0 amide bonds. The van der Waals surface area contributed by atoms with Gasteiger partial charge in [-0.3, -0.25) is 0 Å². The highest BCUT2D eigenvalue weighted by atomic mass is 32.2. The molecule has 0 spiro atoms.